The Bertz CT molecular complexity index is 554. The van der Waals surface area contributed by atoms with Crippen LogP contribution in [0.15, 0.2) is 47.1 Å². The van der Waals surface area contributed by atoms with Crippen LogP contribution in [-0.2, 0) is 6.61 Å². The third kappa shape index (κ3) is 3.30. The van der Waals surface area contributed by atoms with Crippen LogP contribution in [0.25, 0.3) is 0 Å². The molecule has 0 aliphatic heterocycles. The summed E-state index contributed by atoms with van der Waals surface area (Å²) >= 11 is 3.38. The van der Waals surface area contributed by atoms with Gasteiger partial charge in [0.15, 0.2) is 0 Å². The average Bonchev–Trinajstić information content (AvgIpc) is 2.37. The molecule has 2 rings (SSSR count). The zero-order valence-corrected chi connectivity index (χ0v) is 10.9. The number of halogens is 1. The van der Waals surface area contributed by atoms with Gasteiger partial charge in [-0.15, -0.1) is 0 Å². The van der Waals surface area contributed by atoms with Crippen molar-refractivity contribution in [1.29, 1.82) is 0 Å². The summed E-state index contributed by atoms with van der Waals surface area (Å²) in [6.07, 6.45) is 1.40. The number of rotatable bonds is 4. The highest BCUT2D eigenvalue weighted by molar-refractivity contribution is 9.10. The van der Waals surface area contributed by atoms with Crippen molar-refractivity contribution < 1.29 is 14.6 Å². The number of aromatic nitrogens is 1. The van der Waals surface area contributed by atoms with Gasteiger partial charge >= 0.3 is 5.97 Å². The van der Waals surface area contributed by atoms with Gasteiger partial charge in [0.25, 0.3) is 0 Å². The molecule has 1 aromatic heterocycles. The molecule has 0 aliphatic carbocycles. The van der Waals surface area contributed by atoms with E-state index in [1.807, 2.05) is 24.3 Å². The summed E-state index contributed by atoms with van der Waals surface area (Å²) in [5, 5.41) is 8.71. The molecule has 0 fully saturated rings. The lowest BCUT2D eigenvalue weighted by Crippen LogP contribution is -2.01. The lowest BCUT2D eigenvalue weighted by atomic mass is 10.2. The van der Waals surface area contributed by atoms with Crippen LogP contribution >= 0.6 is 15.9 Å². The highest BCUT2D eigenvalue weighted by Crippen LogP contribution is 2.15. The van der Waals surface area contributed by atoms with Crippen molar-refractivity contribution in [2.75, 3.05) is 0 Å². The standard InChI is InChI=1S/C13H10BrNO3/c14-10-3-1-2-9(6-10)8-18-11-4-5-12(13(16)17)15-7-11/h1-7H,8H2,(H,16,17). The van der Waals surface area contributed by atoms with E-state index in [9.17, 15) is 4.79 Å². The summed E-state index contributed by atoms with van der Waals surface area (Å²) in [6.45, 7) is 0.410. The fraction of sp³-hybridized carbons (Fsp3) is 0.0769. The maximum atomic E-state index is 10.6. The van der Waals surface area contributed by atoms with Crippen LogP contribution in [0.2, 0.25) is 0 Å². The van der Waals surface area contributed by atoms with E-state index >= 15 is 0 Å². The first-order valence-corrected chi connectivity index (χ1v) is 6.01. The molecule has 1 heterocycles. The Hall–Kier alpha value is -1.88. The third-order valence-electron chi connectivity index (χ3n) is 2.25. The minimum Gasteiger partial charge on any atom is -0.487 e. The molecule has 1 N–H and O–H groups in total. The molecular formula is C13H10BrNO3. The summed E-state index contributed by atoms with van der Waals surface area (Å²) in [5.74, 6) is -0.506. The van der Waals surface area contributed by atoms with E-state index < -0.39 is 5.97 Å². The predicted molar refractivity (Wildman–Crippen MR) is 69.7 cm³/mol. The van der Waals surface area contributed by atoms with Crippen molar-refractivity contribution in [2.45, 2.75) is 6.61 Å². The first-order valence-electron chi connectivity index (χ1n) is 5.22. The molecule has 0 unspecified atom stereocenters. The summed E-state index contributed by atoms with van der Waals surface area (Å²) in [5.41, 5.74) is 1.02. The van der Waals surface area contributed by atoms with Gasteiger partial charge < -0.3 is 9.84 Å². The number of nitrogens with zero attached hydrogens (tertiary/aromatic N) is 1. The monoisotopic (exact) mass is 307 g/mol. The van der Waals surface area contributed by atoms with Gasteiger partial charge in [-0.2, -0.15) is 0 Å². The molecule has 0 saturated heterocycles. The maximum Gasteiger partial charge on any atom is 0.354 e. The van der Waals surface area contributed by atoms with Gasteiger partial charge in [0, 0.05) is 4.47 Å². The smallest absolute Gasteiger partial charge is 0.354 e. The Morgan fingerprint density at radius 3 is 2.78 bits per heavy atom. The van der Waals surface area contributed by atoms with Crippen molar-refractivity contribution in [3.05, 3.63) is 58.3 Å². The summed E-state index contributed by atoms with van der Waals surface area (Å²) in [6, 6.07) is 10.8. The van der Waals surface area contributed by atoms with Gasteiger partial charge in [0.1, 0.15) is 18.1 Å². The van der Waals surface area contributed by atoms with E-state index in [2.05, 4.69) is 20.9 Å². The minimum absolute atomic E-state index is 0.00445. The lowest BCUT2D eigenvalue weighted by molar-refractivity contribution is 0.0690. The van der Waals surface area contributed by atoms with Crippen LogP contribution in [0.1, 0.15) is 16.1 Å². The molecule has 0 atom stereocenters. The van der Waals surface area contributed by atoms with E-state index in [1.165, 1.54) is 12.3 Å². The van der Waals surface area contributed by atoms with Gasteiger partial charge in [-0.25, -0.2) is 9.78 Å². The van der Waals surface area contributed by atoms with Gasteiger partial charge in [-0.1, -0.05) is 28.1 Å². The predicted octanol–water partition coefficient (Wildman–Crippen LogP) is 3.12. The molecule has 0 radical (unpaired) electrons. The highest BCUT2D eigenvalue weighted by atomic mass is 79.9. The number of aromatic carboxylic acids is 1. The number of hydrogen-bond acceptors (Lipinski definition) is 3. The second kappa shape index (κ2) is 5.64. The van der Waals surface area contributed by atoms with Gasteiger partial charge in [0.2, 0.25) is 0 Å². The molecule has 18 heavy (non-hydrogen) atoms. The quantitative estimate of drug-likeness (QED) is 0.943. The fourth-order valence-corrected chi connectivity index (χ4v) is 1.83. The Kier molecular flexibility index (Phi) is 3.94. The first kappa shape index (κ1) is 12.6. The topological polar surface area (TPSA) is 59.4 Å². The van der Waals surface area contributed by atoms with E-state index in [0.29, 0.717) is 12.4 Å². The van der Waals surface area contributed by atoms with Gasteiger partial charge in [0.05, 0.1) is 6.20 Å². The number of hydrogen-bond donors (Lipinski definition) is 1. The van der Waals surface area contributed by atoms with Crippen LogP contribution < -0.4 is 4.74 Å². The van der Waals surface area contributed by atoms with Gasteiger partial charge in [-0.05, 0) is 29.8 Å². The van der Waals surface area contributed by atoms with Gasteiger partial charge in [-0.3, -0.25) is 0 Å². The summed E-state index contributed by atoms with van der Waals surface area (Å²) < 4.78 is 6.49. The van der Waals surface area contributed by atoms with Crippen molar-refractivity contribution in [3.63, 3.8) is 0 Å². The fourth-order valence-electron chi connectivity index (χ4n) is 1.39. The zero-order chi connectivity index (χ0) is 13.0. The minimum atomic E-state index is -1.05. The van der Waals surface area contributed by atoms with Crippen LogP contribution in [0.4, 0.5) is 0 Å². The molecule has 2 aromatic rings. The molecule has 0 saturated carbocycles. The molecule has 0 aliphatic rings. The van der Waals surface area contributed by atoms with E-state index in [1.54, 1.807) is 6.07 Å². The molecule has 0 spiro atoms. The number of carbonyl (C=O) groups is 1. The molecule has 1 aromatic carbocycles. The van der Waals surface area contributed by atoms with Crippen LogP contribution in [0, 0.1) is 0 Å². The SMILES string of the molecule is O=C(O)c1ccc(OCc2cccc(Br)c2)cn1. The Morgan fingerprint density at radius 1 is 1.33 bits per heavy atom. The number of pyridine rings is 1. The third-order valence-corrected chi connectivity index (χ3v) is 2.74. The summed E-state index contributed by atoms with van der Waals surface area (Å²) in [4.78, 5) is 14.4. The van der Waals surface area contributed by atoms with E-state index in [-0.39, 0.29) is 5.69 Å². The molecule has 0 bridgehead atoms. The number of carboxylic acid groups (broad SMARTS) is 1. The highest BCUT2D eigenvalue weighted by Gasteiger charge is 2.04. The largest absolute Gasteiger partial charge is 0.487 e. The van der Waals surface area contributed by atoms with E-state index in [4.69, 9.17) is 9.84 Å². The van der Waals surface area contributed by atoms with Crippen molar-refractivity contribution in [2.24, 2.45) is 0 Å². The summed E-state index contributed by atoms with van der Waals surface area (Å²) in [7, 11) is 0. The Labute approximate surface area is 112 Å². The molecule has 4 nitrogen and oxygen atoms in total. The molecular weight excluding hydrogens is 298 g/mol. The lowest BCUT2D eigenvalue weighted by Gasteiger charge is -2.06. The normalized spacial score (nSPS) is 10.1. The molecule has 5 heteroatoms. The molecule has 0 amide bonds. The Morgan fingerprint density at radius 2 is 2.17 bits per heavy atom. The van der Waals surface area contributed by atoms with Crippen molar-refractivity contribution >= 4 is 21.9 Å². The zero-order valence-electron chi connectivity index (χ0n) is 9.34. The molecule has 92 valence electrons. The maximum absolute atomic E-state index is 10.6. The van der Waals surface area contributed by atoms with Crippen molar-refractivity contribution in [3.8, 4) is 5.75 Å². The number of benzene rings is 1. The van der Waals surface area contributed by atoms with E-state index in [0.717, 1.165) is 10.0 Å². The number of carboxylic acids is 1. The van der Waals surface area contributed by atoms with Crippen LogP contribution in [0.3, 0.4) is 0 Å². The second-order valence-electron chi connectivity index (χ2n) is 3.60. The second-order valence-corrected chi connectivity index (χ2v) is 4.52. The van der Waals surface area contributed by atoms with Crippen molar-refractivity contribution in [1.82, 2.24) is 4.98 Å². The Balaban J connectivity index is 2.00. The average molecular weight is 308 g/mol. The van der Waals surface area contributed by atoms with Crippen LogP contribution in [0.5, 0.6) is 5.75 Å². The first-order chi connectivity index (χ1) is 8.65. The number of ether oxygens (including phenoxy) is 1. The van der Waals surface area contributed by atoms with Crippen LogP contribution in [-0.4, -0.2) is 16.1 Å².